The first-order chi connectivity index (χ1) is 14.2. The minimum atomic E-state index is 0.372. The Morgan fingerprint density at radius 1 is 0.862 bits per heavy atom. The van der Waals surface area contributed by atoms with Gasteiger partial charge in [-0.05, 0) is 53.3 Å². The van der Waals surface area contributed by atoms with Crippen LogP contribution >= 0.6 is 22.6 Å². The van der Waals surface area contributed by atoms with E-state index in [1.165, 1.54) is 44.9 Å². The van der Waals surface area contributed by atoms with Crippen LogP contribution in [-0.4, -0.2) is 24.5 Å². The van der Waals surface area contributed by atoms with Gasteiger partial charge in [0.25, 0.3) is 0 Å². The molecule has 0 spiro atoms. The third-order valence-electron chi connectivity index (χ3n) is 4.76. The van der Waals surface area contributed by atoms with Crippen LogP contribution in [0, 0.1) is 3.57 Å². The van der Waals surface area contributed by atoms with Gasteiger partial charge in [-0.25, -0.2) is 4.98 Å². The van der Waals surface area contributed by atoms with Crippen molar-refractivity contribution in [3.8, 4) is 11.5 Å². The molecule has 0 bridgehead atoms. The molecule has 0 saturated heterocycles. The fourth-order valence-electron chi connectivity index (χ4n) is 3.10. The van der Waals surface area contributed by atoms with Crippen molar-refractivity contribution < 1.29 is 14.3 Å². The Bertz CT molecular complexity index is 736. The third-order valence-corrected chi connectivity index (χ3v) is 5.65. The number of carbonyl (C=O) groups excluding carboxylic acids is 1. The van der Waals surface area contributed by atoms with Crippen LogP contribution in [0.4, 0.5) is 0 Å². The Kier molecular flexibility index (Phi) is 11.7. The van der Waals surface area contributed by atoms with Crippen molar-refractivity contribution in [3.63, 3.8) is 0 Å². The highest BCUT2D eigenvalue weighted by Crippen LogP contribution is 2.20. The van der Waals surface area contributed by atoms with Crippen LogP contribution in [0.1, 0.15) is 74.5 Å². The van der Waals surface area contributed by atoms with E-state index in [0.29, 0.717) is 31.1 Å². The summed E-state index contributed by atoms with van der Waals surface area (Å²) in [6.45, 7) is 3.39. The number of aldehydes is 1. The molecule has 0 unspecified atom stereocenters. The van der Waals surface area contributed by atoms with E-state index < -0.39 is 0 Å². The van der Waals surface area contributed by atoms with Crippen LogP contribution in [0.15, 0.2) is 36.4 Å². The molecule has 1 aromatic heterocycles. The minimum Gasteiger partial charge on any atom is -0.492 e. The van der Waals surface area contributed by atoms with Crippen LogP contribution in [-0.2, 0) is 6.42 Å². The Labute approximate surface area is 188 Å². The Balaban J connectivity index is 1.69. The molecule has 1 aromatic carbocycles. The molecule has 0 aliphatic carbocycles. The summed E-state index contributed by atoms with van der Waals surface area (Å²) in [7, 11) is 0. The van der Waals surface area contributed by atoms with E-state index >= 15 is 0 Å². The normalized spacial score (nSPS) is 10.7. The predicted molar refractivity (Wildman–Crippen MR) is 126 cm³/mol. The van der Waals surface area contributed by atoms with Crippen molar-refractivity contribution in [3.05, 3.63) is 51.4 Å². The maximum Gasteiger partial charge on any atom is 0.172 e. The van der Waals surface area contributed by atoms with Gasteiger partial charge in [0, 0.05) is 12.1 Å². The number of pyridine rings is 1. The largest absolute Gasteiger partial charge is 0.492 e. The quantitative estimate of drug-likeness (QED) is 0.153. The van der Waals surface area contributed by atoms with E-state index in [1.807, 2.05) is 36.4 Å². The van der Waals surface area contributed by atoms with E-state index in [4.69, 9.17) is 9.47 Å². The zero-order valence-corrected chi connectivity index (χ0v) is 19.5. The standard InChI is InChI=1S/C24H32INO3/c1-2-3-4-5-6-7-8-11-17-28-24-15-14-20(26-22(24)19-27)16-18-29-23-13-10-9-12-21(23)25/h9-10,12-15,19H,2-8,11,16-18H2,1H3. The molecule has 0 amide bonds. The second kappa shape index (κ2) is 14.4. The molecule has 1 heterocycles. The number of halogens is 1. The summed E-state index contributed by atoms with van der Waals surface area (Å²) in [5, 5.41) is 0. The lowest BCUT2D eigenvalue weighted by molar-refractivity contribution is 0.111. The van der Waals surface area contributed by atoms with Gasteiger partial charge in [0.1, 0.15) is 17.2 Å². The second-order valence-electron chi connectivity index (χ2n) is 7.16. The highest BCUT2D eigenvalue weighted by Gasteiger charge is 2.07. The Morgan fingerprint density at radius 3 is 2.28 bits per heavy atom. The maximum atomic E-state index is 11.4. The molecule has 4 nitrogen and oxygen atoms in total. The zero-order chi connectivity index (χ0) is 20.7. The third kappa shape index (κ3) is 9.15. The molecule has 0 saturated carbocycles. The average Bonchev–Trinajstić information content (AvgIpc) is 2.74. The lowest BCUT2D eigenvalue weighted by Crippen LogP contribution is -2.07. The van der Waals surface area contributed by atoms with Crippen LogP contribution in [0.2, 0.25) is 0 Å². The van der Waals surface area contributed by atoms with E-state index in [1.54, 1.807) is 0 Å². The van der Waals surface area contributed by atoms with Gasteiger partial charge in [-0.2, -0.15) is 0 Å². The van der Waals surface area contributed by atoms with Gasteiger partial charge >= 0.3 is 0 Å². The molecule has 29 heavy (non-hydrogen) atoms. The van der Waals surface area contributed by atoms with Gasteiger partial charge in [-0.15, -0.1) is 0 Å². The number of hydrogen-bond donors (Lipinski definition) is 0. The van der Waals surface area contributed by atoms with E-state index in [9.17, 15) is 4.79 Å². The van der Waals surface area contributed by atoms with E-state index in [0.717, 1.165) is 27.7 Å². The summed E-state index contributed by atoms with van der Waals surface area (Å²) in [5.41, 5.74) is 1.20. The molecule has 0 fully saturated rings. The number of hydrogen-bond acceptors (Lipinski definition) is 4. The van der Waals surface area contributed by atoms with Gasteiger partial charge in [-0.3, -0.25) is 4.79 Å². The Morgan fingerprint density at radius 2 is 1.55 bits per heavy atom. The van der Waals surface area contributed by atoms with Crippen LogP contribution in [0.25, 0.3) is 0 Å². The lowest BCUT2D eigenvalue weighted by atomic mass is 10.1. The van der Waals surface area contributed by atoms with Crippen molar-refractivity contribution in [2.24, 2.45) is 0 Å². The summed E-state index contributed by atoms with van der Waals surface area (Å²) >= 11 is 2.25. The first-order valence-electron chi connectivity index (χ1n) is 10.7. The number of ether oxygens (including phenoxy) is 2. The molecule has 158 valence electrons. The first kappa shape index (κ1) is 23.6. The number of unbranched alkanes of at least 4 members (excludes halogenated alkanes) is 7. The maximum absolute atomic E-state index is 11.4. The van der Waals surface area contributed by atoms with Crippen molar-refractivity contribution in [1.29, 1.82) is 0 Å². The fourth-order valence-corrected chi connectivity index (χ4v) is 3.64. The van der Waals surface area contributed by atoms with Crippen molar-refractivity contribution in [2.75, 3.05) is 13.2 Å². The molecule has 2 rings (SSSR count). The fraction of sp³-hybridized carbons (Fsp3) is 0.500. The number of para-hydroxylation sites is 1. The summed E-state index contributed by atoms with van der Waals surface area (Å²) in [6, 6.07) is 11.7. The molecule has 0 N–H and O–H groups in total. The van der Waals surface area contributed by atoms with E-state index in [2.05, 4.69) is 34.5 Å². The average molecular weight is 509 g/mol. The Hall–Kier alpha value is -1.63. The van der Waals surface area contributed by atoms with Gasteiger partial charge in [-0.1, -0.05) is 64.0 Å². The molecular formula is C24H32INO3. The van der Waals surface area contributed by atoms with Crippen LogP contribution in [0.5, 0.6) is 11.5 Å². The minimum absolute atomic E-state index is 0.372. The van der Waals surface area contributed by atoms with Crippen LogP contribution < -0.4 is 9.47 Å². The summed E-state index contributed by atoms with van der Waals surface area (Å²) < 4.78 is 12.7. The number of carbonyl (C=O) groups is 1. The van der Waals surface area contributed by atoms with Crippen molar-refractivity contribution in [2.45, 2.75) is 64.7 Å². The van der Waals surface area contributed by atoms with Crippen LogP contribution in [0.3, 0.4) is 0 Å². The highest BCUT2D eigenvalue weighted by atomic mass is 127. The number of rotatable bonds is 15. The lowest BCUT2D eigenvalue weighted by Gasteiger charge is -2.10. The van der Waals surface area contributed by atoms with Gasteiger partial charge in [0.2, 0.25) is 0 Å². The molecule has 0 radical (unpaired) electrons. The topological polar surface area (TPSA) is 48.4 Å². The second-order valence-corrected chi connectivity index (χ2v) is 8.32. The smallest absolute Gasteiger partial charge is 0.172 e. The van der Waals surface area contributed by atoms with Crippen molar-refractivity contribution in [1.82, 2.24) is 4.98 Å². The molecule has 0 aliphatic heterocycles. The summed E-state index contributed by atoms with van der Waals surface area (Å²) in [6.07, 6.45) is 11.5. The van der Waals surface area contributed by atoms with Gasteiger partial charge < -0.3 is 9.47 Å². The highest BCUT2D eigenvalue weighted by molar-refractivity contribution is 14.1. The molecule has 0 aliphatic rings. The number of nitrogens with zero attached hydrogens (tertiary/aromatic N) is 1. The predicted octanol–water partition coefficient (Wildman–Crippen LogP) is 6.64. The molecule has 2 aromatic rings. The number of aromatic nitrogens is 1. The summed E-state index contributed by atoms with van der Waals surface area (Å²) in [4.78, 5) is 15.8. The van der Waals surface area contributed by atoms with Gasteiger partial charge in [0.05, 0.1) is 16.8 Å². The van der Waals surface area contributed by atoms with E-state index in [-0.39, 0.29) is 0 Å². The summed E-state index contributed by atoms with van der Waals surface area (Å²) in [5.74, 6) is 1.44. The molecule has 5 heteroatoms. The molecular weight excluding hydrogens is 477 g/mol. The van der Waals surface area contributed by atoms with Crippen molar-refractivity contribution >= 4 is 28.9 Å². The first-order valence-corrected chi connectivity index (χ1v) is 11.8. The number of benzene rings is 1. The SMILES string of the molecule is CCCCCCCCCCOc1ccc(CCOc2ccccc2I)nc1C=O. The monoisotopic (exact) mass is 509 g/mol. The van der Waals surface area contributed by atoms with Gasteiger partial charge in [0.15, 0.2) is 6.29 Å². The molecule has 0 atom stereocenters. The zero-order valence-electron chi connectivity index (χ0n) is 17.4.